The lowest BCUT2D eigenvalue weighted by atomic mass is 10.0. The maximum Gasteiger partial charge on any atom is 0.224 e. The van der Waals surface area contributed by atoms with Crippen molar-refractivity contribution in [2.75, 3.05) is 13.1 Å². The number of hydrogen-bond acceptors (Lipinski definition) is 2. The van der Waals surface area contributed by atoms with Crippen molar-refractivity contribution in [3.63, 3.8) is 0 Å². The lowest BCUT2D eigenvalue weighted by molar-refractivity contribution is -0.120. The fraction of sp³-hybridized carbons (Fsp3) is 0.562. The molecule has 0 aliphatic carbocycles. The molecule has 3 heteroatoms. The van der Waals surface area contributed by atoms with Gasteiger partial charge in [0.05, 0.1) is 6.42 Å². The average Bonchev–Trinajstić information content (AvgIpc) is 2.38. The Kier molecular flexibility index (Phi) is 7.19. The van der Waals surface area contributed by atoms with Crippen molar-refractivity contribution in [2.45, 2.75) is 46.0 Å². The first-order chi connectivity index (χ1) is 9.13. The second-order valence-electron chi connectivity index (χ2n) is 5.15. The predicted octanol–water partition coefficient (Wildman–Crippen LogP) is 2.48. The summed E-state index contributed by atoms with van der Waals surface area (Å²) in [6, 6.07) is 6.20. The van der Waals surface area contributed by atoms with Crippen LogP contribution in [0.3, 0.4) is 0 Å². The summed E-state index contributed by atoms with van der Waals surface area (Å²) >= 11 is 0. The van der Waals surface area contributed by atoms with Gasteiger partial charge in [0.25, 0.3) is 0 Å². The van der Waals surface area contributed by atoms with E-state index in [4.69, 9.17) is 5.73 Å². The molecule has 0 unspecified atom stereocenters. The van der Waals surface area contributed by atoms with E-state index >= 15 is 0 Å². The van der Waals surface area contributed by atoms with Crippen LogP contribution in [-0.4, -0.2) is 19.0 Å². The molecular weight excluding hydrogens is 236 g/mol. The highest BCUT2D eigenvalue weighted by Crippen LogP contribution is 2.10. The lowest BCUT2D eigenvalue weighted by Gasteiger charge is -2.07. The number of amides is 1. The van der Waals surface area contributed by atoms with Crippen molar-refractivity contribution in [3.8, 4) is 0 Å². The molecule has 0 aliphatic rings. The molecule has 1 aromatic rings. The van der Waals surface area contributed by atoms with Crippen LogP contribution < -0.4 is 11.1 Å². The Balaban J connectivity index is 2.21. The van der Waals surface area contributed by atoms with E-state index in [0.717, 1.165) is 44.3 Å². The van der Waals surface area contributed by atoms with Gasteiger partial charge in [-0.25, -0.2) is 0 Å². The Morgan fingerprint density at radius 2 is 1.84 bits per heavy atom. The fourth-order valence-electron chi connectivity index (χ4n) is 2.01. The lowest BCUT2D eigenvalue weighted by Crippen LogP contribution is -2.26. The van der Waals surface area contributed by atoms with Crippen LogP contribution in [0.4, 0.5) is 0 Å². The number of benzene rings is 1. The van der Waals surface area contributed by atoms with Crippen LogP contribution in [0.1, 0.15) is 42.4 Å². The second-order valence-corrected chi connectivity index (χ2v) is 5.15. The number of nitrogens with two attached hydrogens (primary N) is 1. The first kappa shape index (κ1) is 15.7. The summed E-state index contributed by atoms with van der Waals surface area (Å²) in [5.41, 5.74) is 9.03. The number of carbonyl (C=O) groups excluding carboxylic acids is 1. The summed E-state index contributed by atoms with van der Waals surface area (Å²) in [4.78, 5) is 11.8. The molecule has 106 valence electrons. The summed E-state index contributed by atoms with van der Waals surface area (Å²) in [5.74, 6) is 0.113. The normalized spacial score (nSPS) is 10.5. The monoisotopic (exact) mass is 262 g/mol. The number of unbranched alkanes of at least 4 members (excludes halogenated alkanes) is 3. The molecule has 0 aliphatic heterocycles. The van der Waals surface area contributed by atoms with E-state index in [1.165, 1.54) is 11.1 Å². The average molecular weight is 262 g/mol. The van der Waals surface area contributed by atoms with Gasteiger partial charge in [-0.05, 0) is 49.9 Å². The number of aryl methyl sites for hydroxylation is 2. The molecule has 0 fully saturated rings. The SMILES string of the molecule is Cc1ccc(CC(=O)NCCCCCCN)cc1C. The van der Waals surface area contributed by atoms with Crippen molar-refractivity contribution in [2.24, 2.45) is 5.73 Å². The van der Waals surface area contributed by atoms with Gasteiger partial charge in [0.15, 0.2) is 0 Å². The molecule has 1 amide bonds. The number of nitrogens with one attached hydrogen (secondary N) is 1. The Bertz CT molecular complexity index is 402. The van der Waals surface area contributed by atoms with Crippen molar-refractivity contribution >= 4 is 5.91 Å². The number of carbonyl (C=O) groups is 1. The van der Waals surface area contributed by atoms with Crippen molar-refractivity contribution in [1.29, 1.82) is 0 Å². The molecule has 0 aromatic heterocycles. The molecule has 0 spiro atoms. The van der Waals surface area contributed by atoms with Crippen LogP contribution in [0.2, 0.25) is 0 Å². The molecule has 1 rings (SSSR count). The topological polar surface area (TPSA) is 55.1 Å². The highest BCUT2D eigenvalue weighted by Gasteiger charge is 2.03. The van der Waals surface area contributed by atoms with E-state index in [-0.39, 0.29) is 5.91 Å². The van der Waals surface area contributed by atoms with E-state index in [0.29, 0.717) is 6.42 Å². The molecule has 3 nitrogen and oxygen atoms in total. The molecular formula is C16H26N2O. The summed E-state index contributed by atoms with van der Waals surface area (Å²) in [6.07, 6.45) is 4.89. The van der Waals surface area contributed by atoms with E-state index in [2.05, 4.69) is 31.3 Å². The van der Waals surface area contributed by atoms with E-state index < -0.39 is 0 Å². The van der Waals surface area contributed by atoms with Crippen LogP contribution in [0, 0.1) is 13.8 Å². The molecule has 0 atom stereocenters. The summed E-state index contributed by atoms with van der Waals surface area (Å²) in [6.45, 7) is 5.70. The van der Waals surface area contributed by atoms with Crippen LogP contribution in [0.5, 0.6) is 0 Å². The maximum atomic E-state index is 11.8. The maximum absolute atomic E-state index is 11.8. The van der Waals surface area contributed by atoms with Crippen molar-refractivity contribution in [3.05, 3.63) is 34.9 Å². The Labute approximate surface area is 116 Å². The van der Waals surface area contributed by atoms with E-state index in [1.54, 1.807) is 0 Å². The van der Waals surface area contributed by atoms with Crippen molar-refractivity contribution < 1.29 is 4.79 Å². The quantitative estimate of drug-likeness (QED) is 0.707. The zero-order chi connectivity index (χ0) is 14.1. The molecule has 0 saturated heterocycles. The molecule has 0 radical (unpaired) electrons. The first-order valence-corrected chi connectivity index (χ1v) is 7.16. The van der Waals surface area contributed by atoms with Gasteiger partial charge >= 0.3 is 0 Å². The Hall–Kier alpha value is -1.35. The smallest absolute Gasteiger partial charge is 0.224 e. The number of hydrogen-bond donors (Lipinski definition) is 2. The van der Waals surface area contributed by atoms with Gasteiger partial charge < -0.3 is 11.1 Å². The van der Waals surface area contributed by atoms with Gasteiger partial charge in [0.2, 0.25) is 5.91 Å². The Morgan fingerprint density at radius 3 is 2.53 bits per heavy atom. The van der Waals surface area contributed by atoms with Gasteiger partial charge in [0, 0.05) is 6.54 Å². The summed E-state index contributed by atoms with van der Waals surface area (Å²) in [5, 5.41) is 2.97. The third kappa shape index (κ3) is 6.39. The van der Waals surface area contributed by atoms with Gasteiger partial charge in [-0.15, -0.1) is 0 Å². The Morgan fingerprint density at radius 1 is 1.11 bits per heavy atom. The second kappa shape index (κ2) is 8.70. The predicted molar refractivity (Wildman–Crippen MR) is 80.2 cm³/mol. The highest BCUT2D eigenvalue weighted by atomic mass is 16.1. The minimum absolute atomic E-state index is 0.113. The van der Waals surface area contributed by atoms with Crippen LogP contribution in [-0.2, 0) is 11.2 Å². The fourth-order valence-corrected chi connectivity index (χ4v) is 2.01. The highest BCUT2D eigenvalue weighted by molar-refractivity contribution is 5.78. The van der Waals surface area contributed by atoms with Crippen LogP contribution in [0.25, 0.3) is 0 Å². The van der Waals surface area contributed by atoms with Gasteiger partial charge in [-0.2, -0.15) is 0 Å². The van der Waals surface area contributed by atoms with Crippen LogP contribution >= 0.6 is 0 Å². The largest absolute Gasteiger partial charge is 0.356 e. The molecule has 3 N–H and O–H groups in total. The van der Waals surface area contributed by atoms with E-state index in [9.17, 15) is 4.79 Å². The summed E-state index contributed by atoms with van der Waals surface area (Å²) < 4.78 is 0. The van der Waals surface area contributed by atoms with Gasteiger partial charge in [0.1, 0.15) is 0 Å². The van der Waals surface area contributed by atoms with Gasteiger partial charge in [-0.3, -0.25) is 4.79 Å². The molecule has 1 aromatic carbocycles. The first-order valence-electron chi connectivity index (χ1n) is 7.16. The molecule has 0 saturated carbocycles. The zero-order valence-corrected chi connectivity index (χ0v) is 12.2. The molecule has 0 bridgehead atoms. The van der Waals surface area contributed by atoms with E-state index in [1.807, 2.05) is 6.07 Å². The van der Waals surface area contributed by atoms with Gasteiger partial charge in [-0.1, -0.05) is 31.0 Å². The minimum Gasteiger partial charge on any atom is -0.356 e. The third-order valence-electron chi connectivity index (χ3n) is 3.39. The summed E-state index contributed by atoms with van der Waals surface area (Å²) in [7, 11) is 0. The van der Waals surface area contributed by atoms with Crippen LogP contribution in [0.15, 0.2) is 18.2 Å². The number of rotatable bonds is 8. The third-order valence-corrected chi connectivity index (χ3v) is 3.39. The zero-order valence-electron chi connectivity index (χ0n) is 12.2. The standard InChI is InChI=1S/C16H26N2O/c1-13-7-8-15(11-14(13)2)12-16(19)18-10-6-4-3-5-9-17/h7-8,11H,3-6,9-10,12,17H2,1-2H3,(H,18,19). The molecule has 19 heavy (non-hydrogen) atoms. The van der Waals surface area contributed by atoms with Crippen molar-refractivity contribution in [1.82, 2.24) is 5.32 Å². The minimum atomic E-state index is 0.113. The molecule has 0 heterocycles.